The number of anilines is 2. The molecular formula is C30H26N6O. The summed E-state index contributed by atoms with van der Waals surface area (Å²) >= 11 is 0. The summed E-state index contributed by atoms with van der Waals surface area (Å²) in [7, 11) is 0. The Kier molecular flexibility index (Phi) is 6.19. The van der Waals surface area contributed by atoms with Gasteiger partial charge in [-0.1, -0.05) is 42.5 Å². The number of rotatable bonds is 8. The van der Waals surface area contributed by atoms with E-state index in [9.17, 15) is 0 Å². The predicted molar refractivity (Wildman–Crippen MR) is 148 cm³/mol. The minimum atomic E-state index is -0.145. The van der Waals surface area contributed by atoms with Crippen molar-refractivity contribution in [2.24, 2.45) is 5.73 Å². The first-order valence-electron chi connectivity index (χ1n) is 12.2. The van der Waals surface area contributed by atoms with Gasteiger partial charge < -0.3 is 20.8 Å². The molecule has 4 N–H and O–H groups in total. The van der Waals surface area contributed by atoms with Gasteiger partial charge in [-0.15, -0.1) is 0 Å². The summed E-state index contributed by atoms with van der Waals surface area (Å²) in [6.07, 6.45) is 8.04. The van der Waals surface area contributed by atoms with E-state index >= 15 is 0 Å². The van der Waals surface area contributed by atoms with Crippen LogP contribution in [-0.4, -0.2) is 32.8 Å². The van der Waals surface area contributed by atoms with Crippen LogP contribution >= 0.6 is 0 Å². The Bertz CT molecular complexity index is 1660. The molecule has 0 saturated carbocycles. The second-order valence-electron chi connectivity index (χ2n) is 9.03. The molecule has 182 valence electrons. The lowest BCUT2D eigenvalue weighted by Gasteiger charge is -2.14. The molecule has 0 unspecified atom stereocenters. The number of aromatic amines is 1. The summed E-state index contributed by atoms with van der Waals surface area (Å²) in [6.45, 7) is 0.392. The number of fused-ring (bicyclic) bond motifs is 2. The highest BCUT2D eigenvalue weighted by molar-refractivity contribution is 5.95. The van der Waals surface area contributed by atoms with Crippen LogP contribution in [0.25, 0.3) is 32.9 Å². The van der Waals surface area contributed by atoms with Crippen LogP contribution in [0.5, 0.6) is 5.75 Å². The van der Waals surface area contributed by atoms with E-state index in [1.807, 2.05) is 73.1 Å². The third kappa shape index (κ3) is 4.98. The average molecular weight is 487 g/mol. The second kappa shape index (κ2) is 10.1. The van der Waals surface area contributed by atoms with Gasteiger partial charge in [-0.3, -0.25) is 4.98 Å². The maximum absolute atomic E-state index is 6.42. The number of aromatic nitrogens is 4. The molecule has 0 fully saturated rings. The molecule has 6 aromatic rings. The number of benzene rings is 3. The lowest BCUT2D eigenvalue weighted by molar-refractivity contribution is 0.287. The molecule has 3 aromatic heterocycles. The number of hydrogen-bond acceptors (Lipinski definition) is 6. The Hall–Kier alpha value is -4.75. The Balaban J connectivity index is 1.19. The second-order valence-corrected chi connectivity index (χ2v) is 9.03. The monoisotopic (exact) mass is 486 g/mol. The molecule has 7 heteroatoms. The number of nitrogens with zero attached hydrogens (tertiary/aromatic N) is 3. The van der Waals surface area contributed by atoms with Crippen molar-refractivity contribution in [1.29, 1.82) is 0 Å². The van der Waals surface area contributed by atoms with Gasteiger partial charge in [0.2, 0.25) is 0 Å². The van der Waals surface area contributed by atoms with E-state index in [4.69, 9.17) is 10.5 Å². The summed E-state index contributed by atoms with van der Waals surface area (Å²) < 4.78 is 6.05. The van der Waals surface area contributed by atoms with Gasteiger partial charge in [0, 0.05) is 46.0 Å². The van der Waals surface area contributed by atoms with Crippen molar-refractivity contribution in [3.05, 3.63) is 109 Å². The van der Waals surface area contributed by atoms with E-state index in [1.165, 1.54) is 10.9 Å². The smallest absolute Gasteiger partial charge is 0.138 e. The fraction of sp³-hybridized carbons (Fsp3) is 0.100. The summed E-state index contributed by atoms with van der Waals surface area (Å²) in [5.74, 6) is 0.683. The zero-order chi connectivity index (χ0) is 25.0. The first kappa shape index (κ1) is 22.7. The highest BCUT2D eigenvalue weighted by Gasteiger charge is 2.11. The van der Waals surface area contributed by atoms with Crippen LogP contribution in [0.15, 0.2) is 104 Å². The van der Waals surface area contributed by atoms with Crippen LogP contribution in [0.2, 0.25) is 0 Å². The number of pyridine rings is 1. The molecule has 37 heavy (non-hydrogen) atoms. The molecule has 0 saturated heterocycles. The topological polar surface area (TPSA) is 102 Å². The third-order valence-electron chi connectivity index (χ3n) is 6.36. The van der Waals surface area contributed by atoms with Gasteiger partial charge in [0.05, 0.1) is 23.6 Å². The van der Waals surface area contributed by atoms with Crippen molar-refractivity contribution in [3.8, 4) is 16.9 Å². The lowest BCUT2D eigenvalue weighted by Crippen LogP contribution is -2.30. The maximum atomic E-state index is 6.42. The molecule has 0 radical (unpaired) electrons. The number of hydrogen-bond donors (Lipinski definition) is 3. The van der Waals surface area contributed by atoms with Crippen molar-refractivity contribution in [1.82, 2.24) is 20.2 Å². The molecule has 0 aliphatic heterocycles. The number of para-hydroxylation sites is 2. The fourth-order valence-corrected chi connectivity index (χ4v) is 4.51. The van der Waals surface area contributed by atoms with Gasteiger partial charge in [-0.25, -0.2) is 0 Å². The normalized spacial score (nSPS) is 12.0. The molecule has 0 amide bonds. The Morgan fingerprint density at radius 2 is 1.73 bits per heavy atom. The average Bonchev–Trinajstić information content (AvgIpc) is 3.35. The molecule has 7 nitrogen and oxygen atoms in total. The Morgan fingerprint density at radius 1 is 0.865 bits per heavy atom. The summed E-state index contributed by atoms with van der Waals surface area (Å²) in [5.41, 5.74) is 13.4. The van der Waals surface area contributed by atoms with Gasteiger partial charge in [0.25, 0.3) is 0 Å². The predicted octanol–water partition coefficient (Wildman–Crippen LogP) is 5.87. The van der Waals surface area contributed by atoms with Crippen LogP contribution < -0.4 is 15.8 Å². The zero-order valence-corrected chi connectivity index (χ0v) is 20.1. The van der Waals surface area contributed by atoms with Crippen LogP contribution in [0.3, 0.4) is 0 Å². The SMILES string of the molecule is N[C@@H](COc1cncc(-c2ccc3nncc(Nc4ccccc4)c3c2)c1)Cc1c[nH]c2ccccc12. The van der Waals surface area contributed by atoms with E-state index in [2.05, 4.69) is 43.7 Å². The molecule has 0 bridgehead atoms. The van der Waals surface area contributed by atoms with E-state index in [0.717, 1.165) is 45.3 Å². The quantitative estimate of drug-likeness (QED) is 0.249. The molecular weight excluding hydrogens is 460 g/mol. The van der Waals surface area contributed by atoms with E-state index in [1.54, 1.807) is 12.4 Å². The number of nitrogens with one attached hydrogen (secondary N) is 2. The van der Waals surface area contributed by atoms with Crippen LogP contribution in [0, 0.1) is 0 Å². The zero-order valence-electron chi connectivity index (χ0n) is 20.1. The van der Waals surface area contributed by atoms with Crippen LogP contribution in [0.4, 0.5) is 11.4 Å². The Labute approximate surface area is 214 Å². The highest BCUT2D eigenvalue weighted by atomic mass is 16.5. The van der Waals surface area contributed by atoms with E-state index < -0.39 is 0 Å². The summed E-state index contributed by atoms with van der Waals surface area (Å²) in [6, 6.07) is 26.2. The standard InChI is InChI=1S/C30H26N6O/c31-23(12-22-16-33-28-9-5-4-8-26(22)28)19-37-25-13-21(15-32-17-25)20-10-11-29-27(14-20)30(18-34-36-29)35-24-6-2-1-3-7-24/h1-11,13-18,23,33H,12,19,31H2,(H,35,36)/t23-/m1/s1. The van der Waals surface area contributed by atoms with Crippen LogP contribution in [-0.2, 0) is 6.42 Å². The molecule has 0 aliphatic carbocycles. The first-order chi connectivity index (χ1) is 18.2. The molecule has 6 rings (SSSR count). The fourth-order valence-electron chi connectivity index (χ4n) is 4.51. The van der Waals surface area contributed by atoms with Gasteiger partial charge in [-0.05, 0) is 53.9 Å². The minimum absolute atomic E-state index is 0.145. The number of ether oxygens (including phenoxy) is 1. The highest BCUT2D eigenvalue weighted by Crippen LogP contribution is 2.30. The summed E-state index contributed by atoms with van der Waals surface area (Å²) in [4.78, 5) is 7.72. The van der Waals surface area contributed by atoms with Crippen LogP contribution in [0.1, 0.15) is 5.56 Å². The lowest BCUT2D eigenvalue weighted by atomic mass is 10.0. The number of H-pyrrole nitrogens is 1. The first-order valence-corrected chi connectivity index (χ1v) is 12.2. The molecule has 1 atom stereocenters. The van der Waals surface area contributed by atoms with E-state index in [-0.39, 0.29) is 6.04 Å². The maximum Gasteiger partial charge on any atom is 0.138 e. The summed E-state index contributed by atoms with van der Waals surface area (Å²) in [5, 5.41) is 14.1. The van der Waals surface area contributed by atoms with Crippen molar-refractivity contribution >= 4 is 33.2 Å². The van der Waals surface area contributed by atoms with Crippen molar-refractivity contribution in [3.63, 3.8) is 0 Å². The number of nitrogens with two attached hydrogens (primary N) is 1. The van der Waals surface area contributed by atoms with Crippen molar-refractivity contribution in [2.75, 3.05) is 11.9 Å². The molecule has 3 heterocycles. The van der Waals surface area contributed by atoms with Crippen molar-refractivity contribution in [2.45, 2.75) is 12.5 Å². The molecule has 0 aliphatic rings. The van der Waals surface area contributed by atoms with Gasteiger partial charge >= 0.3 is 0 Å². The van der Waals surface area contributed by atoms with Gasteiger partial charge in [0.1, 0.15) is 12.4 Å². The largest absolute Gasteiger partial charge is 0.490 e. The van der Waals surface area contributed by atoms with Gasteiger partial charge in [-0.2, -0.15) is 10.2 Å². The van der Waals surface area contributed by atoms with Crippen molar-refractivity contribution < 1.29 is 4.74 Å². The van der Waals surface area contributed by atoms with Gasteiger partial charge in [0.15, 0.2) is 0 Å². The third-order valence-corrected chi connectivity index (χ3v) is 6.36. The molecule has 0 spiro atoms. The molecule has 3 aromatic carbocycles. The van der Waals surface area contributed by atoms with E-state index in [0.29, 0.717) is 12.4 Å². The minimum Gasteiger partial charge on any atom is -0.490 e. The Morgan fingerprint density at radius 3 is 2.65 bits per heavy atom.